The zero-order chi connectivity index (χ0) is 13.2. The number of nitrogens with zero attached hydrogens (tertiary/aromatic N) is 1. The molecule has 0 unspecified atom stereocenters. The highest BCUT2D eigenvalue weighted by atomic mass is 79.9. The predicted octanol–water partition coefficient (Wildman–Crippen LogP) is 2.90. The monoisotopic (exact) mass is 332 g/mol. The Morgan fingerprint density at radius 3 is 2.50 bits per heavy atom. The van der Waals surface area contributed by atoms with Crippen molar-refractivity contribution < 1.29 is 8.42 Å². The minimum Gasteiger partial charge on any atom is -0.271 e. The van der Waals surface area contributed by atoms with Crippen molar-refractivity contribution in [2.24, 2.45) is 0 Å². The van der Waals surface area contributed by atoms with Crippen LogP contribution < -0.4 is 4.72 Å². The lowest BCUT2D eigenvalue weighted by molar-refractivity contribution is 0.349. The summed E-state index contributed by atoms with van der Waals surface area (Å²) in [6.45, 7) is 3.17. The highest BCUT2D eigenvalue weighted by Crippen LogP contribution is 2.22. The van der Waals surface area contributed by atoms with E-state index in [0.29, 0.717) is 18.8 Å². The van der Waals surface area contributed by atoms with Crippen molar-refractivity contribution in [3.05, 3.63) is 28.2 Å². The zero-order valence-electron chi connectivity index (χ0n) is 10.3. The lowest BCUT2D eigenvalue weighted by Crippen LogP contribution is -2.39. The van der Waals surface area contributed by atoms with Crippen LogP contribution in [0.1, 0.15) is 24.8 Å². The molecule has 18 heavy (non-hydrogen) atoms. The van der Waals surface area contributed by atoms with Gasteiger partial charge in [0.05, 0.1) is 5.69 Å². The van der Waals surface area contributed by atoms with Gasteiger partial charge in [-0.05, 0) is 43.5 Å². The molecule has 0 saturated carbocycles. The molecule has 1 fully saturated rings. The Morgan fingerprint density at radius 1 is 1.22 bits per heavy atom. The van der Waals surface area contributed by atoms with Gasteiger partial charge in [0.1, 0.15) is 0 Å². The van der Waals surface area contributed by atoms with E-state index in [9.17, 15) is 8.42 Å². The van der Waals surface area contributed by atoms with Crippen LogP contribution in [-0.4, -0.2) is 25.8 Å². The molecule has 0 aliphatic carbocycles. The van der Waals surface area contributed by atoms with Crippen LogP contribution in [0.25, 0.3) is 0 Å². The van der Waals surface area contributed by atoms with E-state index >= 15 is 0 Å². The molecule has 100 valence electrons. The maximum Gasteiger partial charge on any atom is 0.301 e. The first-order chi connectivity index (χ1) is 8.49. The van der Waals surface area contributed by atoms with Crippen LogP contribution in [0.2, 0.25) is 0 Å². The smallest absolute Gasteiger partial charge is 0.271 e. The molecule has 2 rings (SSSR count). The number of piperidine rings is 1. The number of hydrogen-bond donors (Lipinski definition) is 1. The third kappa shape index (κ3) is 3.24. The first kappa shape index (κ1) is 13.8. The molecule has 0 amide bonds. The Balaban J connectivity index is 2.13. The van der Waals surface area contributed by atoms with Gasteiger partial charge in [-0.25, -0.2) is 0 Å². The van der Waals surface area contributed by atoms with Gasteiger partial charge in [0.15, 0.2) is 0 Å². The molecular weight excluding hydrogens is 316 g/mol. The van der Waals surface area contributed by atoms with Crippen LogP contribution in [0.15, 0.2) is 22.7 Å². The first-order valence-corrected chi connectivity index (χ1v) is 8.26. The summed E-state index contributed by atoms with van der Waals surface area (Å²) in [7, 11) is -3.40. The number of rotatable bonds is 3. The Kier molecular flexibility index (Phi) is 4.29. The summed E-state index contributed by atoms with van der Waals surface area (Å²) >= 11 is 3.40. The minimum atomic E-state index is -3.40. The zero-order valence-corrected chi connectivity index (χ0v) is 12.7. The number of hydrogen-bond acceptors (Lipinski definition) is 2. The molecule has 1 aromatic rings. The van der Waals surface area contributed by atoms with E-state index in [4.69, 9.17) is 0 Å². The molecule has 1 aromatic carbocycles. The molecule has 1 N–H and O–H groups in total. The van der Waals surface area contributed by atoms with E-state index in [-0.39, 0.29) is 0 Å². The largest absolute Gasteiger partial charge is 0.301 e. The summed E-state index contributed by atoms with van der Waals surface area (Å²) in [6.07, 6.45) is 3.00. The molecule has 0 radical (unpaired) electrons. The van der Waals surface area contributed by atoms with Crippen LogP contribution in [0.3, 0.4) is 0 Å². The van der Waals surface area contributed by atoms with E-state index in [2.05, 4.69) is 20.7 Å². The molecule has 0 aromatic heterocycles. The van der Waals surface area contributed by atoms with E-state index in [0.717, 1.165) is 29.3 Å². The minimum absolute atomic E-state index is 0.612. The SMILES string of the molecule is Cc1cc(NS(=O)(=O)N2CCCCC2)ccc1Br. The third-order valence-electron chi connectivity index (χ3n) is 3.06. The maximum atomic E-state index is 12.2. The molecule has 4 nitrogen and oxygen atoms in total. The highest BCUT2D eigenvalue weighted by Gasteiger charge is 2.23. The molecular formula is C12H17BrN2O2S. The topological polar surface area (TPSA) is 49.4 Å². The Bertz CT molecular complexity index is 525. The van der Waals surface area contributed by atoms with E-state index < -0.39 is 10.2 Å². The molecule has 6 heteroatoms. The Labute approximate surface area is 117 Å². The standard InChI is InChI=1S/C12H17BrN2O2S/c1-10-9-11(5-6-12(10)13)14-18(16,17)15-7-3-2-4-8-15/h5-6,9,14H,2-4,7-8H2,1H3. The lowest BCUT2D eigenvalue weighted by atomic mass is 10.2. The van der Waals surface area contributed by atoms with E-state index in [1.54, 1.807) is 6.07 Å². The Morgan fingerprint density at radius 2 is 1.89 bits per heavy atom. The Hall–Kier alpha value is -0.590. The summed E-state index contributed by atoms with van der Waals surface area (Å²) in [5.41, 5.74) is 1.62. The number of aryl methyl sites for hydroxylation is 1. The molecule has 1 heterocycles. The molecule has 0 atom stereocenters. The number of nitrogens with one attached hydrogen (secondary N) is 1. The molecule has 1 saturated heterocycles. The first-order valence-electron chi connectivity index (χ1n) is 6.03. The normalized spacial score (nSPS) is 17.7. The van der Waals surface area contributed by atoms with Gasteiger partial charge in [-0.2, -0.15) is 12.7 Å². The number of halogens is 1. The van der Waals surface area contributed by atoms with Gasteiger partial charge < -0.3 is 0 Å². The van der Waals surface area contributed by atoms with Crippen LogP contribution >= 0.6 is 15.9 Å². The summed E-state index contributed by atoms with van der Waals surface area (Å²) in [4.78, 5) is 0. The van der Waals surface area contributed by atoms with Gasteiger partial charge in [-0.15, -0.1) is 0 Å². The van der Waals surface area contributed by atoms with Crippen molar-refractivity contribution >= 4 is 31.8 Å². The third-order valence-corrected chi connectivity index (χ3v) is 5.49. The van der Waals surface area contributed by atoms with Crippen molar-refractivity contribution in [3.63, 3.8) is 0 Å². The van der Waals surface area contributed by atoms with Crippen molar-refractivity contribution in [1.82, 2.24) is 4.31 Å². The lowest BCUT2D eigenvalue weighted by Gasteiger charge is -2.26. The van der Waals surface area contributed by atoms with E-state index in [1.807, 2.05) is 19.1 Å². The molecule has 0 spiro atoms. The van der Waals surface area contributed by atoms with Crippen LogP contribution in [-0.2, 0) is 10.2 Å². The van der Waals surface area contributed by atoms with Gasteiger partial charge in [-0.1, -0.05) is 22.4 Å². The van der Waals surface area contributed by atoms with Crippen molar-refractivity contribution in [1.29, 1.82) is 0 Å². The highest BCUT2D eigenvalue weighted by molar-refractivity contribution is 9.10. The quantitative estimate of drug-likeness (QED) is 0.925. The average Bonchev–Trinajstić information content (AvgIpc) is 2.35. The van der Waals surface area contributed by atoms with Crippen molar-refractivity contribution in [2.75, 3.05) is 17.8 Å². The van der Waals surface area contributed by atoms with Gasteiger partial charge >= 0.3 is 10.2 Å². The van der Waals surface area contributed by atoms with Gasteiger partial charge in [0, 0.05) is 17.6 Å². The van der Waals surface area contributed by atoms with Gasteiger partial charge in [0.25, 0.3) is 0 Å². The van der Waals surface area contributed by atoms with Crippen molar-refractivity contribution in [2.45, 2.75) is 26.2 Å². The summed E-state index contributed by atoms with van der Waals surface area (Å²) < 4.78 is 29.4. The number of benzene rings is 1. The average molecular weight is 333 g/mol. The van der Waals surface area contributed by atoms with E-state index in [1.165, 1.54) is 4.31 Å². The summed E-state index contributed by atoms with van der Waals surface area (Å²) in [5.74, 6) is 0. The summed E-state index contributed by atoms with van der Waals surface area (Å²) in [5, 5.41) is 0. The molecule has 1 aliphatic heterocycles. The predicted molar refractivity (Wildman–Crippen MR) is 76.8 cm³/mol. The second kappa shape index (κ2) is 5.59. The molecule has 1 aliphatic rings. The van der Waals surface area contributed by atoms with Gasteiger partial charge in [-0.3, -0.25) is 4.72 Å². The van der Waals surface area contributed by atoms with Crippen molar-refractivity contribution in [3.8, 4) is 0 Å². The van der Waals surface area contributed by atoms with Gasteiger partial charge in [0.2, 0.25) is 0 Å². The van der Waals surface area contributed by atoms with Crippen LogP contribution in [0.4, 0.5) is 5.69 Å². The van der Waals surface area contributed by atoms with Crippen LogP contribution in [0.5, 0.6) is 0 Å². The number of anilines is 1. The maximum absolute atomic E-state index is 12.2. The second-order valence-corrected chi connectivity index (χ2v) is 7.06. The van der Waals surface area contributed by atoms with Crippen LogP contribution in [0, 0.1) is 6.92 Å². The second-order valence-electron chi connectivity index (χ2n) is 4.53. The fourth-order valence-electron chi connectivity index (χ4n) is 2.03. The summed E-state index contributed by atoms with van der Waals surface area (Å²) in [6, 6.07) is 5.44. The fraction of sp³-hybridized carbons (Fsp3) is 0.500. The fourth-order valence-corrected chi connectivity index (χ4v) is 3.57. The molecule has 0 bridgehead atoms.